The molecule has 4 heteroatoms. The zero-order chi connectivity index (χ0) is 18.5. The lowest BCUT2D eigenvalue weighted by Gasteiger charge is -2.16. The summed E-state index contributed by atoms with van der Waals surface area (Å²) in [4.78, 5) is 25.0. The van der Waals surface area contributed by atoms with Gasteiger partial charge in [0.15, 0.2) is 0 Å². The number of ether oxygens (including phenoxy) is 2. The van der Waals surface area contributed by atoms with Crippen LogP contribution in [0.2, 0.25) is 0 Å². The molecule has 0 saturated heterocycles. The van der Waals surface area contributed by atoms with Crippen molar-refractivity contribution in [2.45, 2.75) is 80.1 Å². The molecule has 0 saturated carbocycles. The van der Waals surface area contributed by atoms with Crippen molar-refractivity contribution in [3.63, 3.8) is 0 Å². The first kappa shape index (κ1) is 22.7. The Morgan fingerprint density at radius 3 is 1.29 bits per heavy atom. The largest absolute Gasteiger partial charge is 0.462 e. The Morgan fingerprint density at radius 1 is 0.708 bits per heavy atom. The van der Waals surface area contributed by atoms with E-state index >= 15 is 0 Å². The normalized spacial score (nSPS) is 12.3. The van der Waals surface area contributed by atoms with Crippen LogP contribution in [0.4, 0.5) is 0 Å². The summed E-state index contributed by atoms with van der Waals surface area (Å²) in [5.41, 5.74) is 1.03. The molecule has 0 aromatic rings. The average Bonchev–Trinajstić information content (AvgIpc) is 2.53. The number of rotatable bonds is 12. The summed E-state index contributed by atoms with van der Waals surface area (Å²) in [7, 11) is 0. The Kier molecular flexibility index (Phi) is 12.3. The number of carbonyl (C=O) groups is 2. The van der Waals surface area contributed by atoms with Gasteiger partial charge in [-0.15, -0.1) is 0 Å². The molecule has 0 radical (unpaired) electrons. The van der Waals surface area contributed by atoms with Crippen LogP contribution in [0, 0.1) is 11.8 Å². The fourth-order valence-electron chi connectivity index (χ4n) is 2.12. The van der Waals surface area contributed by atoms with E-state index in [2.05, 4.69) is 13.8 Å². The molecule has 4 nitrogen and oxygen atoms in total. The second-order valence-electron chi connectivity index (χ2n) is 7.15. The summed E-state index contributed by atoms with van der Waals surface area (Å²) < 4.78 is 10.8. The summed E-state index contributed by atoms with van der Waals surface area (Å²) in [5, 5.41) is 0. The second kappa shape index (κ2) is 13.0. The van der Waals surface area contributed by atoms with E-state index in [9.17, 15) is 9.59 Å². The van der Waals surface area contributed by atoms with Gasteiger partial charge < -0.3 is 9.47 Å². The van der Waals surface area contributed by atoms with Crippen molar-refractivity contribution in [3.8, 4) is 0 Å². The smallest absolute Gasteiger partial charge is 0.334 e. The van der Waals surface area contributed by atoms with Gasteiger partial charge in [0.1, 0.15) is 0 Å². The summed E-state index contributed by atoms with van der Waals surface area (Å²) in [6.45, 7) is 12.9. The van der Waals surface area contributed by atoms with Crippen molar-refractivity contribution in [2.24, 2.45) is 11.8 Å². The van der Waals surface area contributed by atoms with Gasteiger partial charge in [-0.2, -0.15) is 0 Å². The van der Waals surface area contributed by atoms with Crippen LogP contribution in [-0.4, -0.2) is 25.2 Å². The Labute approximate surface area is 148 Å². The molecule has 0 heterocycles. The molecule has 0 aliphatic rings. The van der Waals surface area contributed by atoms with E-state index in [-0.39, 0.29) is 23.8 Å². The molecule has 0 bridgehead atoms. The second-order valence-corrected chi connectivity index (χ2v) is 7.15. The van der Waals surface area contributed by atoms with Crippen molar-refractivity contribution in [2.75, 3.05) is 13.2 Å². The quantitative estimate of drug-likeness (QED) is 0.368. The SMILES string of the molecule is CCCCC(C(=O)OCC(C)C)=C(CCCC)C(=O)OCC(C)C. The Morgan fingerprint density at radius 2 is 1.04 bits per heavy atom. The molecule has 0 unspecified atom stereocenters. The van der Waals surface area contributed by atoms with Gasteiger partial charge in [-0.25, -0.2) is 9.59 Å². The third kappa shape index (κ3) is 9.74. The lowest BCUT2D eigenvalue weighted by atomic mass is 9.98. The molecule has 0 amide bonds. The van der Waals surface area contributed by atoms with E-state index in [0.717, 1.165) is 25.7 Å². The van der Waals surface area contributed by atoms with Crippen LogP contribution in [0.1, 0.15) is 80.1 Å². The third-order valence-corrected chi connectivity index (χ3v) is 3.51. The van der Waals surface area contributed by atoms with E-state index in [1.54, 1.807) is 0 Å². The van der Waals surface area contributed by atoms with E-state index in [1.807, 2.05) is 27.7 Å². The maximum absolute atomic E-state index is 12.5. The van der Waals surface area contributed by atoms with Crippen LogP contribution >= 0.6 is 0 Å². The van der Waals surface area contributed by atoms with Gasteiger partial charge in [0, 0.05) is 11.1 Å². The standard InChI is InChI=1S/C20H36O4/c1-7-9-11-17(19(21)23-13-15(3)4)18(12-10-8-2)20(22)24-14-16(5)6/h15-16H,7-14H2,1-6H3. The summed E-state index contributed by atoms with van der Waals surface area (Å²) >= 11 is 0. The van der Waals surface area contributed by atoms with Gasteiger partial charge in [0.25, 0.3) is 0 Å². The fraction of sp³-hybridized carbons (Fsp3) is 0.800. The van der Waals surface area contributed by atoms with Crippen LogP contribution in [0.15, 0.2) is 11.1 Å². The first-order valence-electron chi connectivity index (χ1n) is 9.39. The minimum Gasteiger partial charge on any atom is -0.462 e. The Hall–Kier alpha value is -1.32. The number of hydrogen-bond acceptors (Lipinski definition) is 4. The first-order valence-corrected chi connectivity index (χ1v) is 9.39. The van der Waals surface area contributed by atoms with Gasteiger partial charge in [0.05, 0.1) is 13.2 Å². The van der Waals surface area contributed by atoms with E-state index in [4.69, 9.17) is 9.47 Å². The number of unbranched alkanes of at least 4 members (excludes halogenated alkanes) is 2. The molecular formula is C20H36O4. The summed E-state index contributed by atoms with van der Waals surface area (Å²) in [5.74, 6) is -0.170. The number of esters is 2. The predicted octanol–water partition coefficient (Wildman–Crippen LogP) is 5.06. The highest BCUT2D eigenvalue weighted by molar-refractivity contribution is 6.00. The van der Waals surface area contributed by atoms with Gasteiger partial charge in [-0.1, -0.05) is 54.4 Å². The molecule has 0 N–H and O–H groups in total. The molecule has 0 spiro atoms. The van der Waals surface area contributed by atoms with Crippen LogP contribution in [-0.2, 0) is 19.1 Å². The van der Waals surface area contributed by atoms with Crippen molar-refractivity contribution in [3.05, 3.63) is 11.1 Å². The lowest BCUT2D eigenvalue weighted by molar-refractivity contribution is -0.143. The Bertz CT molecular complexity index is 370. The zero-order valence-corrected chi connectivity index (χ0v) is 16.4. The molecule has 0 aromatic heterocycles. The van der Waals surface area contributed by atoms with Crippen LogP contribution < -0.4 is 0 Å². The minimum absolute atomic E-state index is 0.272. The number of carbonyl (C=O) groups excluding carboxylic acids is 2. The van der Waals surface area contributed by atoms with Gasteiger partial charge >= 0.3 is 11.9 Å². The molecule has 0 aromatic carbocycles. The van der Waals surface area contributed by atoms with Gasteiger partial charge in [0.2, 0.25) is 0 Å². The summed E-state index contributed by atoms with van der Waals surface area (Å²) in [6.07, 6.45) is 4.79. The highest BCUT2D eigenvalue weighted by Crippen LogP contribution is 2.22. The molecule has 140 valence electrons. The molecular weight excluding hydrogens is 304 g/mol. The van der Waals surface area contributed by atoms with Crippen molar-refractivity contribution >= 4 is 11.9 Å². The minimum atomic E-state index is -0.357. The van der Waals surface area contributed by atoms with Crippen LogP contribution in [0.3, 0.4) is 0 Å². The van der Waals surface area contributed by atoms with E-state index < -0.39 is 0 Å². The fourth-order valence-corrected chi connectivity index (χ4v) is 2.12. The topological polar surface area (TPSA) is 52.6 Å². The highest BCUT2D eigenvalue weighted by atomic mass is 16.5. The summed E-state index contributed by atoms with van der Waals surface area (Å²) in [6, 6.07) is 0. The third-order valence-electron chi connectivity index (χ3n) is 3.51. The molecule has 0 atom stereocenters. The highest BCUT2D eigenvalue weighted by Gasteiger charge is 2.23. The van der Waals surface area contributed by atoms with Crippen molar-refractivity contribution < 1.29 is 19.1 Å². The molecule has 0 aliphatic carbocycles. The molecule has 24 heavy (non-hydrogen) atoms. The molecule has 0 aliphatic heterocycles. The maximum Gasteiger partial charge on any atom is 0.334 e. The first-order chi connectivity index (χ1) is 11.3. The van der Waals surface area contributed by atoms with Crippen LogP contribution in [0.5, 0.6) is 0 Å². The van der Waals surface area contributed by atoms with E-state index in [0.29, 0.717) is 37.2 Å². The maximum atomic E-state index is 12.5. The van der Waals surface area contributed by atoms with E-state index in [1.165, 1.54) is 0 Å². The number of hydrogen-bond donors (Lipinski definition) is 0. The van der Waals surface area contributed by atoms with Crippen LogP contribution in [0.25, 0.3) is 0 Å². The van der Waals surface area contributed by atoms with Crippen molar-refractivity contribution in [1.29, 1.82) is 0 Å². The van der Waals surface area contributed by atoms with Gasteiger partial charge in [-0.3, -0.25) is 0 Å². The monoisotopic (exact) mass is 340 g/mol. The predicted molar refractivity (Wildman–Crippen MR) is 97.7 cm³/mol. The average molecular weight is 341 g/mol. The lowest BCUT2D eigenvalue weighted by Crippen LogP contribution is -2.20. The molecule has 0 fully saturated rings. The van der Waals surface area contributed by atoms with Gasteiger partial charge in [-0.05, 0) is 37.5 Å². The van der Waals surface area contributed by atoms with Crippen molar-refractivity contribution in [1.82, 2.24) is 0 Å². The molecule has 0 rings (SSSR count). The Balaban J connectivity index is 5.40. The zero-order valence-electron chi connectivity index (χ0n) is 16.4.